The average Bonchev–Trinajstić information content (AvgIpc) is 2.47. The molecular weight excluding hydrogens is 320 g/mol. The van der Waals surface area contributed by atoms with Crippen LogP contribution in [-0.2, 0) is 11.2 Å². The van der Waals surface area contributed by atoms with E-state index in [1.807, 2.05) is 12.1 Å². The van der Waals surface area contributed by atoms with Crippen LogP contribution in [-0.4, -0.2) is 30.8 Å². The van der Waals surface area contributed by atoms with Gasteiger partial charge in [-0.25, -0.2) is 0 Å². The zero-order chi connectivity index (χ0) is 14.5. The van der Waals surface area contributed by atoms with Crippen LogP contribution in [0.25, 0.3) is 0 Å². The van der Waals surface area contributed by atoms with Crippen molar-refractivity contribution in [3.8, 4) is 11.5 Å². The van der Waals surface area contributed by atoms with E-state index in [2.05, 4.69) is 35.8 Å². The van der Waals surface area contributed by atoms with Gasteiger partial charge in [0.2, 0.25) is 0 Å². The summed E-state index contributed by atoms with van der Waals surface area (Å²) in [4.78, 5) is 0.389. The summed E-state index contributed by atoms with van der Waals surface area (Å²) in [6, 6.07) is 6.13. The molecule has 0 heterocycles. The lowest BCUT2D eigenvalue weighted by molar-refractivity contribution is -0.0767. The molecule has 20 heavy (non-hydrogen) atoms. The summed E-state index contributed by atoms with van der Waals surface area (Å²) in [5.74, 6) is 1.61. The second kappa shape index (κ2) is 7.32. The molecule has 4 heteroatoms. The van der Waals surface area contributed by atoms with Gasteiger partial charge in [-0.1, -0.05) is 35.8 Å². The molecule has 1 aromatic rings. The van der Waals surface area contributed by atoms with Gasteiger partial charge in [-0.3, -0.25) is 0 Å². The number of hydrogen-bond donors (Lipinski definition) is 0. The third kappa shape index (κ3) is 3.47. The van der Waals surface area contributed by atoms with E-state index in [0.717, 1.165) is 37.4 Å². The Morgan fingerprint density at radius 2 is 2.05 bits per heavy atom. The van der Waals surface area contributed by atoms with Crippen LogP contribution in [0.2, 0.25) is 0 Å². The summed E-state index contributed by atoms with van der Waals surface area (Å²) in [5.41, 5.74) is 1.25. The fraction of sp³-hybridized carbons (Fsp3) is 0.625. The number of aryl methyl sites for hydroxylation is 1. The molecule has 3 atom stereocenters. The van der Waals surface area contributed by atoms with Crippen LogP contribution in [0.3, 0.4) is 0 Å². The van der Waals surface area contributed by atoms with Gasteiger partial charge in [0.25, 0.3) is 0 Å². The van der Waals surface area contributed by atoms with Crippen molar-refractivity contribution in [2.24, 2.45) is 0 Å². The average molecular weight is 343 g/mol. The molecule has 0 bridgehead atoms. The molecule has 3 nitrogen and oxygen atoms in total. The lowest BCUT2D eigenvalue weighted by Crippen LogP contribution is -2.52. The molecule has 0 aliphatic heterocycles. The molecule has 0 amide bonds. The Labute approximate surface area is 129 Å². The van der Waals surface area contributed by atoms with Gasteiger partial charge in [0.05, 0.1) is 7.11 Å². The van der Waals surface area contributed by atoms with Gasteiger partial charge in [0, 0.05) is 17.9 Å². The molecule has 1 aromatic carbocycles. The summed E-state index contributed by atoms with van der Waals surface area (Å²) in [6.45, 7) is 5.02. The number of halogens is 1. The first-order valence-electron chi connectivity index (χ1n) is 7.28. The van der Waals surface area contributed by atoms with Crippen LogP contribution in [0, 0.1) is 0 Å². The molecule has 1 fully saturated rings. The molecule has 0 radical (unpaired) electrons. The Hall–Kier alpha value is -0.740. The number of rotatable bonds is 7. The zero-order valence-corrected chi connectivity index (χ0v) is 14.0. The van der Waals surface area contributed by atoms with Crippen LogP contribution < -0.4 is 9.47 Å². The molecule has 3 unspecified atom stereocenters. The minimum absolute atomic E-state index is 0.104. The second-order valence-electron chi connectivity index (χ2n) is 5.08. The second-order valence-corrected chi connectivity index (χ2v) is 6.26. The normalized spacial score (nSPS) is 25.1. The lowest BCUT2D eigenvalue weighted by Gasteiger charge is -2.41. The fourth-order valence-corrected chi connectivity index (χ4v) is 3.16. The topological polar surface area (TPSA) is 27.7 Å². The van der Waals surface area contributed by atoms with E-state index in [-0.39, 0.29) is 12.2 Å². The number of alkyl halides is 1. The predicted molar refractivity (Wildman–Crippen MR) is 84.2 cm³/mol. The molecular formula is C16H23BrO3. The monoisotopic (exact) mass is 342 g/mol. The van der Waals surface area contributed by atoms with Gasteiger partial charge in [-0.15, -0.1) is 0 Å². The Morgan fingerprint density at radius 1 is 1.25 bits per heavy atom. The number of benzene rings is 1. The van der Waals surface area contributed by atoms with E-state index < -0.39 is 0 Å². The molecule has 112 valence electrons. The van der Waals surface area contributed by atoms with Crippen molar-refractivity contribution in [3.63, 3.8) is 0 Å². The highest BCUT2D eigenvalue weighted by atomic mass is 79.9. The Kier molecular flexibility index (Phi) is 5.73. The first-order valence-corrected chi connectivity index (χ1v) is 8.20. The number of ether oxygens (including phenoxy) is 3. The van der Waals surface area contributed by atoms with Gasteiger partial charge >= 0.3 is 0 Å². The van der Waals surface area contributed by atoms with Crippen molar-refractivity contribution < 1.29 is 14.2 Å². The van der Waals surface area contributed by atoms with Crippen LogP contribution in [0.4, 0.5) is 0 Å². The molecule has 0 aromatic heterocycles. The molecule has 0 saturated heterocycles. The van der Waals surface area contributed by atoms with Crippen molar-refractivity contribution in [2.75, 3.05) is 13.7 Å². The molecule has 0 spiro atoms. The van der Waals surface area contributed by atoms with E-state index in [0.29, 0.717) is 4.83 Å². The highest BCUT2D eigenvalue weighted by Gasteiger charge is 2.42. The molecule has 0 N–H and O–H groups in total. The predicted octanol–water partition coefficient (Wildman–Crippen LogP) is 3.97. The van der Waals surface area contributed by atoms with Gasteiger partial charge in [-0.2, -0.15) is 0 Å². The van der Waals surface area contributed by atoms with Crippen molar-refractivity contribution >= 4 is 15.9 Å². The summed E-state index contributed by atoms with van der Waals surface area (Å²) in [5, 5.41) is 0. The van der Waals surface area contributed by atoms with E-state index in [4.69, 9.17) is 14.2 Å². The van der Waals surface area contributed by atoms with Crippen LogP contribution in [0.15, 0.2) is 18.2 Å². The number of hydrogen-bond acceptors (Lipinski definition) is 3. The zero-order valence-electron chi connectivity index (χ0n) is 12.4. The standard InChI is InChI=1S/C16H23BrO3/c1-4-8-19-16-12(17)10-15(16)20-13-7-6-11(5-2)9-14(13)18-3/h6-7,9,12,15-16H,4-5,8,10H2,1-3H3. The third-order valence-electron chi connectivity index (χ3n) is 3.61. The smallest absolute Gasteiger partial charge is 0.161 e. The highest BCUT2D eigenvalue weighted by molar-refractivity contribution is 9.09. The summed E-state index contributed by atoms with van der Waals surface area (Å²) in [6.07, 6.45) is 3.22. The van der Waals surface area contributed by atoms with Crippen molar-refractivity contribution in [1.29, 1.82) is 0 Å². The Bertz CT molecular complexity index is 436. The maximum Gasteiger partial charge on any atom is 0.161 e. The fourth-order valence-electron chi connectivity index (χ4n) is 2.30. The Balaban J connectivity index is 2.02. The van der Waals surface area contributed by atoms with E-state index in [1.54, 1.807) is 7.11 Å². The summed E-state index contributed by atoms with van der Waals surface area (Å²) >= 11 is 3.63. The van der Waals surface area contributed by atoms with Crippen molar-refractivity contribution in [2.45, 2.75) is 50.1 Å². The SMILES string of the molecule is CCCOC1C(Br)CC1Oc1ccc(CC)cc1OC. The number of methoxy groups -OCH3 is 1. The summed E-state index contributed by atoms with van der Waals surface area (Å²) < 4.78 is 17.3. The largest absolute Gasteiger partial charge is 0.493 e. The third-order valence-corrected chi connectivity index (χ3v) is 4.50. The van der Waals surface area contributed by atoms with Gasteiger partial charge in [-0.05, 0) is 30.5 Å². The quantitative estimate of drug-likeness (QED) is 0.701. The van der Waals surface area contributed by atoms with Gasteiger partial charge < -0.3 is 14.2 Å². The maximum atomic E-state index is 6.07. The maximum absolute atomic E-state index is 6.07. The highest BCUT2D eigenvalue weighted by Crippen LogP contribution is 2.37. The lowest BCUT2D eigenvalue weighted by atomic mass is 9.91. The van der Waals surface area contributed by atoms with Crippen LogP contribution >= 0.6 is 15.9 Å². The molecule has 1 saturated carbocycles. The molecule has 1 aliphatic rings. The van der Waals surface area contributed by atoms with Crippen LogP contribution in [0.1, 0.15) is 32.3 Å². The van der Waals surface area contributed by atoms with Gasteiger partial charge in [0.15, 0.2) is 11.5 Å². The Morgan fingerprint density at radius 3 is 2.65 bits per heavy atom. The summed E-state index contributed by atoms with van der Waals surface area (Å²) in [7, 11) is 1.68. The first-order chi connectivity index (χ1) is 9.69. The first kappa shape index (κ1) is 15.6. The molecule has 1 aliphatic carbocycles. The van der Waals surface area contributed by atoms with Crippen molar-refractivity contribution in [3.05, 3.63) is 23.8 Å². The van der Waals surface area contributed by atoms with Crippen LogP contribution in [0.5, 0.6) is 11.5 Å². The van der Waals surface area contributed by atoms with E-state index in [1.165, 1.54) is 5.56 Å². The minimum atomic E-state index is 0.104. The van der Waals surface area contributed by atoms with Crippen molar-refractivity contribution in [1.82, 2.24) is 0 Å². The van der Waals surface area contributed by atoms with Gasteiger partial charge in [0.1, 0.15) is 12.2 Å². The van der Waals surface area contributed by atoms with E-state index in [9.17, 15) is 0 Å². The van der Waals surface area contributed by atoms with E-state index >= 15 is 0 Å². The molecule has 2 rings (SSSR count). The minimum Gasteiger partial charge on any atom is -0.493 e.